The van der Waals surface area contributed by atoms with Crippen molar-refractivity contribution >= 4 is 17.8 Å². The zero-order chi connectivity index (χ0) is 9.10. The summed E-state index contributed by atoms with van der Waals surface area (Å²) in [6.45, 7) is 3.29. The Morgan fingerprint density at radius 1 is 1.15 bits per heavy atom. The SMILES string of the molecule is CCCCNc1ccc2c(c1)C=C2. The highest BCUT2D eigenvalue weighted by Crippen LogP contribution is 2.26. The van der Waals surface area contributed by atoms with E-state index in [2.05, 4.69) is 42.6 Å². The molecule has 0 aliphatic heterocycles. The fraction of sp³-hybridized carbons (Fsp3) is 0.333. The minimum Gasteiger partial charge on any atom is -0.385 e. The smallest absolute Gasteiger partial charge is 0.0346 e. The van der Waals surface area contributed by atoms with Crippen molar-refractivity contribution in [2.24, 2.45) is 0 Å². The summed E-state index contributed by atoms with van der Waals surface area (Å²) in [5.74, 6) is 0. The molecule has 1 aromatic carbocycles. The van der Waals surface area contributed by atoms with Crippen molar-refractivity contribution in [2.45, 2.75) is 19.8 Å². The lowest BCUT2D eigenvalue weighted by atomic mass is 9.97. The number of nitrogens with one attached hydrogen (secondary N) is 1. The fourth-order valence-electron chi connectivity index (χ4n) is 1.47. The zero-order valence-electron chi connectivity index (χ0n) is 8.01. The monoisotopic (exact) mass is 173 g/mol. The van der Waals surface area contributed by atoms with Gasteiger partial charge in [0, 0.05) is 12.2 Å². The molecule has 2 rings (SSSR count). The third-order valence-electron chi connectivity index (χ3n) is 2.39. The average Bonchev–Trinajstić information content (AvgIpc) is 2.10. The van der Waals surface area contributed by atoms with Gasteiger partial charge in [-0.3, -0.25) is 0 Å². The van der Waals surface area contributed by atoms with E-state index in [1.165, 1.54) is 29.7 Å². The fourth-order valence-corrected chi connectivity index (χ4v) is 1.47. The first kappa shape index (κ1) is 8.36. The molecule has 0 spiro atoms. The van der Waals surface area contributed by atoms with Gasteiger partial charge in [0.1, 0.15) is 0 Å². The molecule has 1 nitrogen and oxygen atoms in total. The number of fused-ring (bicyclic) bond motifs is 1. The number of hydrogen-bond acceptors (Lipinski definition) is 1. The first-order valence-electron chi connectivity index (χ1n) is 4.96. The van der Waals surface area contributed by atoms with Gasteiger partial charge >= 0.3 is 0 Å². The Hall–Kier alpha value is -1.24. The van der Waals surface area contributed by atoms with Crippen LogP contribution in [0.15, 0.2) is 18.2 Å². The van der Waals surface area contributed by atoms with Gasteiger partial charge in [-0.1, -0.05) is 31.6 Å². The number of hydrogen-bond donors (Lipinski definition) is 1. The molecule has 1 heteroatoms. The van der Waals surface area contributed by atoms with Crippen LogP contribution in [0.5, 0.6) is 0 Å². The third-order valence-corrected chi connectivity index (χ3v) is 2.39. The van der Waals surface area contributed by atoms with E-state index in [0.717, 1.165) is 6.54 Å². The second-order valence-electron chi connectivity index (χ2n) is 3.46. The first-order chi connectivity index (χ1) is 6.40. The molecule has 0 atom stereocenters. The van der Waals surface area contributed by atoms with Crippen molar-refractivity contribution in [3.05, 3.63) is 29.3 Å². The van der Waals surface area contributed by atoms with Gasteiger partial charge in [-0.05, 0) is 29.7 Å². The molecule has 1 N–H and O–H groups in total. The van der Waals surface area contributed by atoms with Crippen LogP contribution in [0.4, 0.5) is 5.69 Å². The molecule has 0 radical (unpaired) electrons. The average molecular weight is 173 g/mol. The van der Waals surface area contributed by atoms with E-state index in [4.69, 9.17) is 0 Å². The van der Waals surface area contributed by atoms with Crippen molar-refractivity contribution in [3.63, 3.8) is 0 Å². The van der Waals surface area contributed by atoms with Crippen LogP contribution in [0.25, 0.3) is 12.2 Å². The van der Waals surface area contributed by atoms with Crippen LogP contribution in [0.1, 0.15) is 30.9 Å². The van der Waals surface area contributed by atoms with Crippen LogP contribution in [0, 0.1) is 0 Å². The largest absolute Gasteiger partial charge is 0.385 e. The van der Waals surface area contributed by atoms with Gasteiger partial charge in [0.05, 0.1) is 0 Å². The van der Waals surface area contributed by atoms with Crippen LogP contribution >= 0.6 is 0 Å². The summed E-state index contributed by atoms with van der Waals surface area (Å²) in [7, 11) is 0. The number of rotatable bonds is 4. The molecule has 0 saturated carbocycles. The topological polar surface area (TPSA) is 12.0 Å². The molecule has 13 heavy (non-hydrogen) atoms. The molecule has 1 aliphatic rings. The Balaban J connectivity index is 1.95. The van der Waals surface area contributed by atoms with Crippen molar-refractivity contribution in [2.75, 3.05) is 11.9 Å². The van der Waals surface area contributed by atoms with Crippen molar-refractivity contribution < 1.29 is 0 Å². The van der Waals surface area contributed by atoms with Crippen molar-refractivity contribution in [1.29, 1.82) is 0 Å². The summed E-state index contributed by atoms with van der Waals surface area (Å²) in [4.78, 5) is 0. The number of benzene rings is 1. The van der Waals surface area contributed by atoms with Crippen LogP contribution in [0.2, 0.25) is 0 Å². The van der Waals surface area contributed by atoms with Gasteiger partial charge in [0.2, 0.25) is 0 Å². The summed E-state index contributed by atoms with van der Waals surface area (Å²) in [5.41, 5.74) is 3.97. The van der Waals surface area contributed by atoms with Gasteiger partial charge in [-0.25, -0.2) is 0 Å². The van der Waals surface area contributed by atoms with E-state index in [1.54, 1.807) is 0 Å². The highest BCUT2D eigenvalue weighted by Gasteiger charge is 2.04. The summed E-state index contributed by atoms with van der Waals surface area (Å²) >= 11 is 0. The molecule has 0 amide bonds. The van der Waals surface area contributed by atoms with E-state index < -0.39 is 0 Å². The summed E-state index contributed by atoms with van der Waals surface area (Å²) < 4.78 is 0. The predicted molar refractivity (Wildman–Crippen MR) is 58.8 cm³/mol. The normalized spacial score (nSPS) is 12.1. The highest BCUT2D eigenvalue weighted by atomic mass is 14.9. The Bertz CT molecular complexity index is 326. The molecule has 0 unspecified atom stereocenters. The molecule has 0 fully saturated rings. The predicted octanol–water partition coefficient (Wildman–Crippen LogP) is 3.38. The molecule has 1 aromatic rings. The molecular weight excluding hydrogens is 158 g/mol. The maximum Gasteiger partial charge on any atom is 0.0346 e. The van der Waals surface area contributed by atoms with Gasteiger partial charge in [-0.15, -0.1) is 0 Å². The van der Waals surface area contributed by atoms with Crippen LogP contribution in [-0.2, 0) is 0 Å². The summed E-state index contributed by atoms with van der Waals surface area (Å²) in [5, 5.41) is 3.41. The Labute approximate surface area is 79.5 Å². The molecule has 0 aromatic heterocycles. The minimum absolute atomic E-state index is 1.08. The number of unbranched alkanes of at least 4 members (excludes halogenated alkanes) is 1. The van der Waals surface area contributed by atoms with Crippen LogP contribution < -0.4 is 5.32 Å². The second kappa shape index (κ2) is 3.65. The minimum atomic E-state index is 1.08. The lowest BCUT2D eigenvalue weighted by molar-refractivity contribution is 0.834. The Kier molecular flexibility index (Phi) is 2.35. The van der Waals surface area contributed by atoms with Crippen LogP contribution in [-0.4, -0.2) is 6.54 Å². The van der Waals surface area contributed by atoms with Crippen LogP contribution in [0.3, 0.4) is 0 Å². The van der Waals surface area contributed by atoms with Gasteiger partial charge < -0.3 is 5.32 Å². The lowest BCUT2D eigenvalue weighted by Gasteiger charge is -2.13. The highest BCUT2D eigenvalue weighted by molar-refractivity contribution is 5.87. The van der Waals surface area contributed by atoms with Gasteiger partial charge in [-0.2, -0.15) is 0 Å². The molecule has 0 bridgehead atoms. The van der Waals surface area contributed by atoms with Gasteiger partial charge in [0.25, 0.3) is 0 Å². The summed E-state index contributed by atoms with van der Waals surface area (Å²) in [6.07, 6.45) is 6.79. The van der Waals surface area contributed by atoms with E-state index in [0.29, 0.717) is 0 Å². The van der Waals surface area contributed by atoms with Gasteiger partial charge in [0.15, 0.2) is 0 Å². The molecule has 0 heterocycles. The molecule has 1 aliphatic carbocycles. The maximum atomic E-state index is 3.41. The van der Waals surface area contributed by atoms with E-state index >= 15 is 0 Å². The first-order valence-corrected chi connectivity index (χ1v) is 4.96. The number of anilines is 1. The van der Waals surface area contributed by atoms with E-state index in [-0.39, 0.29) is 0 Å². The standard InChI is InChI=1S/C12H15N/c1-2-3-8-13-12-7-6-10-4-5-11(10)9-12/h4-7,9,13H,2-3,8H2,1H3. The van der Waals surface area contributed by atoms with E-state index in [9.17, 15) is 0 Å². The maximum absolute atomic E-state index is 3.41. The second-order valence-corrected chi connectivity index (χ2v) is 3.46. The summed E-state index contributed by atoms with van der Waals surface area (Å²) in [6, 6.07) is 6.53. The molecule has 68 valence electrons. The Morgan fingerprint density at radius 2 is 2.00 bits per heavy atom. The Morgan fingerprint density at radius 3 is 2.62 bits per heavy atom. The molecule has 0 saturated heterocycles. The van der Waals surface area contributed by atoms with Crippen molar-refractivity contribution in [3.8, 4) is 0 Å². The molecular formula is C12H15N. The quantitative estimate of drug-likeness (QED) is 0.699. The third kappa shape index (κ3) is 1.74. The van der Waals surface area contributed by atoms with Crippen molar-refractivity contribution in [1.82, 2.24) is 0 Å². The zero-order valence-corrected chi connectivity index (χ0v) is 8.01. The van der Waals surface area contributed by atoms with E-state index in [1.807, 2.05) is 0 Å². The lowest BCUT2D eigenvalue weighted by Crippen LogP contribution is -2.01.